The fraction of sp³-hybridized carbons (Fsp3) is 0.235. The van der Waals surface area contributed by atoms with Crippen LogP contribution in [0.4, 0.5) is 0 Å². The van der Waals surface area contributed by atoms with Crippen LogP contribution in [-0.2, 0) is 5.41 Å². The van der Waals surface area contributed by atoms with E-state index in [4.69, 9.17) is 0 Å². The van der Waals surface area contributed by atoms with Crippen LogP contribution in [0.1, 0.15) is 37.5 Å². The van der Waals surface area contributed by atoms with Gasteiger partial charge in [0.15, 0.2) is 0 Å². The first kappa shape index (κ1) is 11.9. The van der Waals surface area contributed by atoms with Crippen molar-refractivity contribution in [3.05, 3.63) is 77.7 Å². The van der Waals surface area contributed by atoms with E-state index in [0.29, 0.717) is 0 Å². The molecular weight excluding hydrogens is 204 g/mol. The first-order valence-electron chi connectivity index (χ1n) is 6.10. The lowest BCUT2D eigenvalue weighted by Gasteiger charge is -2.26. The van der Waals surface area contributed by atoms with Gasteiger partial charge >= 0.3 is 0 Å². The molecule has 0 saturated heterocycles. The molecule has 87 valence electrons. The van der Waals surface area contributed by atoms with Crippen LogP contribution < -0.4 is 0 Å². The largest absolute Gasteiger partial charge is 0.0622 e. The Hall–Kier alpha value is -1.56. The van der Waals surface area contributed by atoms with Crippen LogP contribution in [0, 0.1) is 6.42 Å². The second kappa shape index (κ2) is 4.75. The molecule has 0 heteroatoms. The Morgan fingerprint density at radius 3 is 1.82 bits per heavy atom. The summed E-state index contributed by atoms with van der Waals surface area (Å²) in [5.41, 5.74) is 4.05. The third-order valence-corrected chi connectivity index (χ3v) is 3.46. The zero-order valence-electron chi connectivity index (χ0n) is 10.8. The lowest BCUT2D eigenvalue weighted by molar-refractivity contribution is 0.641. The summed E-state index contributed by atoms with van der Waals surface area (Å²) in [6.07, 6.45) is 2.12. The van der Waals surface area contributed by atoms with Gasteiger partial charge in [-0.2, -0.15) is 0 Å². The second-order valence-electron chi connectivity index (χ2n) is 4.90. The maximum atomic E-state index is 2.27. The van der Waals surface area contributed by atoms with E-state index in [1.54, 1.807) is 0 Å². The maximum Gasteiger partial charge on any atom is 0.0146 e. The Labute approximate surface area is 104 Å². The normalized spacial score (nSPS) is 11.5. The summed E-state index contributed by atoms with van der Waals surface area (Å²) in [7, 11) is 0. The van der Waals surface area contributed by atoms with E-state index >= 15 is 0 Å². The molecule has 2 rings (SSSR count). The van der Waals surface area contributed by atoms with Gasteiger partial charge in [-0.1, -0.05) is 75.4 Å². The molecule has 0 atom stereocenters. The Morgan fingerprint density at radius 1 is 0.765 bits per heavy atom. The van der Waals surface area contributed by atoms with Crippen LogP contribution in [0.3, 0.4) is 0 Å². The standard InChI is InChI=1S/C17H19/c1-4-14-10-12-16(13-11-14)17(2,3)15-8-6-5-7-9-15/h4-13H,1-3H3. The van der Waals surface area contributed by atoms with Crippen molar-refractivity contribution in [1.29, 1.82) is 0 Å². The molecule has 0 fully saturated rings. The highest BCUT2D eigenvalue weighted by Gasteiger charge is 2.22. The van der Waals surface area contributed by atoms with Crippen LogP contribution >= 0.6 is 0 Å². The molecule has 0 unspecified atom stereocenters. The summed E-state index contributed by atoms with van der Waals surface area (Å²) in [6, 6.07) is 19.5. The molecule has 0 bridgehead atoms. The summed E-state index contributed by atoms with van der Waals surface area (Å²) in [5.74, 6) is 0. The molecule has 0 aliphatic heterocycles. The molecule has 2 aromatic carbocycles. The highest BCUT2D eigenvalue weighted by Crippen LogP contribution is 2.31. The van der Waals surface area contributed by atoms with E-state index < -0.39 is 0 Å². The SMILES string of the molecule is C[CH]c1ccc(C(C)(C)c2ccccc2)cc1. The molecule has 2 aromatic rings. The van der Waals surface area contributed by atoms with E-state index in [0.717, 1.165) is 0 Å². The average molecular weight is 223 g/mol. The minimum Gasteiger partial charge on any atom is -0.0622 e. The third kappa shape index (κ3) is 2.41. The van der Waals surface area contributed by atoms with Gasteiger partial charge in [0.2, 0.25) is 0 Å². The number of hydrogen-bond acceptors (Lipinski definition) is 0. The van der Waals surface area contributed by atoms with Gasteiger partial charge in [0.05, 0.1) is 0 Å². The van der Waals surface area contributed by atoms with Crippen molar-refractivity contribution in [1.82, 2.24) is 0 Å². The molecule has 0 heterocycles. The highest BCUT2D eigenvalue weighted by atomic mass is 14.3. The smallest absolute Gasteiger partial charge is 0.0146 e. The van der Waals surface area contributed by atoms with E-state index in [2.05, 4.69) is 81.8 Å². The second-order valence-corrected chi connectivity index (χ2v) is 4.90. The lowest BCUT2D eigenvalue weighted by Crippen LogP contribution is -2.18. The van der Waals surface area contributed by atoms with Crippen LogP contribution in [-0.4, -0.2) is 0 Å². The molecule has 0 N–H and O–H groups in total. The molecule has 17 heavy (non-hydrogen) atoms. The molecule has 0 aliphatic carbocycles. The zero-order chi connectivity index (χ0) is 12.3. The topological polar surface area (TPSA) is 0 Å². The fourth-order valence-corrected chi connectivity index (χ4v) is 2.11. The molecule has 0 aliphatic rings. The quantitative estimate of drug-likeness (QED) is 0.714. The third-order valence-electron chi connectivity index (χ3n) is 3.46. The Balaban J connectivity index is 2.37. The molecule has 0 spiro atoms. The van der Waals surface area contributed by atoms with Gasteiger partial charge in [-0.05, 0) is 23.1 Å². The van der Waals surface area contributed by atoms with Crippen molar-refractivity contribution in [3.63, 3.8) is 0 Å². The van der Waals surface area contributed by atoms with Gasteiger partial charge in [-0.25, -0.2) is 0 Å². The van der Waals surface area contributed by atoms with Crippen molar-refractivity contribution in [3.8, 4) is 0 Å². The van der Waals surface area contributed by atoms with E-state index in [1.807, 2.05) is 0 Å². The molecular formula is C17H19. The zero-order valence-corrected chi connectivity index (χ0v) is 10.8. The maximum absolute atomic E-state index is 2.27. The van der Waals surface area contributed by atoms with Crippen LogP contribution in [0.5, 0.6) is 0 Å². The van der Waals surface area contributed by atoms with Gasteiger partial charge < -0.3 is 0 Å². The fourth-order valence-electron chi connectivity index (χ4n) is 2.11. The molecule has 0 amide bonds. The van der Waals surface area contributed by atoms with E-state index in [9.17, 15) is 0 Å². The number of hydrogen-bond donors (Lipinski definition) is 0. The van der Waals surface area contributed by atoms with Crippen molar-refractivity contribution in [2.45, 2.75) is 26.2 Å². The van der Waals surface area contributed by atoms with Crippen LogP contribution in [0.25, 0.3) is 0 Å². The van der Waals surface area contributed by atoms with Crippen molar-refractivity contribution in [2.24, 2.45) is 0 Å². The molecule has 1 radical (unpaired) electrons. The van der Waals surface area contributed by atoms with Crippen molar-refractivity contribution < 1.29 is 0 Å². The lowest BCUT2D eigenvalue weighted by atomic mass is 9.78. The minimum atomic E-state index is 0.0630. The predicted octanol–water partition coefficient (Wildman–Crippen LogP) is 4.58. The number of rotatable bonds is 3. The van der Waals surface area contributed by atoms with Crippen LogP contribution in [0.2, 0.25) is 0 Å². The van der Waals surface area contributed by atoms with Crippen molar-refractivity contribution >= 4 is 0 Å². The summed E-state index contributed by atoms with van der Waals surface area (Å²) in [4.78, 5) is 0. The average Bonchev–Trinajstić information content (AvgIpc) is 2.40. The van der Waals surface area contributed by atoms with Crippen LogP contribution in [0.15, 0.2) is 54.6 Å². The Bertz CT molecular complexity index is 463. The van der Waals surface area contributed by atoms with Gasteiger partial charge in [-0.3, -0.25) is 0 Å². The first-order valence-corrected chi connectivity index (χ1v) is 6.10. The van der Waals surface area contributed by atoms with E-state index in [1.165, 1.54) is 16.7 Å². The monoisotopic (exact) mass is 223 g/mol. The minimum absolute atomic E-state index is 0.0630. The molecule has 0 saturated carbocycles. The van der Waals surface area contributed by atoms with Crippen molar-refractivity contribution in [2.75, 3.05) is 0 Å². The summed E-state index contributed by atoms with van der Waals surface area (Å²) in [6.45, 7) is 6.61. The highest BCUT2D eigenvalue weighted by molar-refractivity contribution is 5.39. The Morgan fingerprint density at radius 2 is 1.29 bits per heavy atom. The van der Waals surface area contributed by atoms with Gasteiger partial charge in [-0.15, -0.1) is 0 Å². The first-order chi connectivity index (χ1) is 8.14. The van der Waals surface area contributed by atoms with Gasteiger partial charge in [0, 0.05) is 5.41 Å². The summed E-state index contributed by atoms with van der Waals surface area (Å²) in [5, 5.41) is 0. The summed E-state index contributed by atoms with van der Waals surface area (Å²) < 4.78 is 0. The predicted molar refractivity (Wildman–Crippen MR) is 74.1 cm³/mol. The summed E-state index contributed by atoms with van der Waals surface area (Å²) >= 11 is 0. The van der Waals surface area contributed by atoms with Gasteiger partial charge in [0.25, 0.3) is 0 Å². The molecule has 0 aromatic heterocycles. The Kier molecular flexibility index (Phi) is 3.33. The van der Waals surface area contributed by atoms with Gasteiger partial charge in [0.1, 0.15) is 0 Å². The van der Waals surface area contributed by atoms with E-state index in [-0.39, 0.29) is 5.41 Å². The number of benzene rings is 2. The molecule has 0 nitrogen and oxygen atoms in total.